The molecule has 6 heteroatoms. The Morgan fingerprint density at radius 2 is 2.25 bits per heavy atom. The quantitative estimate of drug-likeness (QED) is 0.893. The molecule has 3 nitrogen and oxygen atoms in total. The highest BCUT2D eigenvalue weighted by atomic mass is 79.9. The van der Waals surface area contributed by atoms with Crippen LogP contribution in [0.5, 0.6) is 0 Å². The number of nitrogens with zero attached hydrogens (tertiary/aromatic N) is 1. The number of aliphatic hydroxyl groups excluding tert-OH is 1. The Morgan fingerprint density at radius 1 is 1.56 bits per heavy atom. The van der Waals surface area contributed by atoms with E-state index in [9.17, 15) is 5.11 Å². The second kappa shape index (κ2) is 5.80. The lowest BCUT2D eigenvalue weighted by Crippen LogP contribution is -2.45. The first-order chi connectivity index (χ1) is 7.72. The van der Waals surface area contributed by atoms with Crippen molar-refractivity contribution in [1.82, 2.24) is 10.2 Å². The largest absolute Gasteiger partial charge is 0.394 e. The van der Waals surface area contributed by atoms with Gasteiger partial charge in [-0.3, -0.25) is 4.90 Å². The van der Waals surface area contributed by atoms with E-state index in [0.29, 0.717) is 0 Å². The number of thiophene rings is 1. The Kier molecular flexibility index (Phi) is 4.64. The molecule has 1 aliphatic heterocycles. The van der Waals surface area contributed by atoms with E-state index in [1.54, 1.807) is 0 Å². The fraction of sp³-hybridized carbons (Fsp3) is 0.600. The summed E-state index contributed by atoms with van der Waals surface area (Å²) in [5.41, 5.74) is 0. The van der Waals surface area contributed by atoms with E-state index in [1.165, 1.54) is 11.3 Å². The predicted octanol–water partition coefficient (Wildman–Crippen LogP) is 2.10. The summed E-state index contributed by atoms with van der Waals surface area (Å²) in [6, 6.07) is 2.09. The molecule has 0 aliphatic carbocycles. The minimum Gasteiger partial charge on any atom is -0.394 e. The summed E-state index contributed by atoms with van der Waals surface area (Å²) in [7, 11) is 0. The summed E-state index contributed by atoms with van der Waals surface area (Å²) in [6.07, 6.45) is 0. The van der Waals surface area contributed by atoms with Gasteiger partial charge in [0.15, 0.2) is 0 Å². The zero-order valence-electron chi connectivity index (χ0n) is 8.75. The van der Waals surface area contributed by atoms with Gasteiger partial charge in [0.05, 0.1) is 12.6 Å². The topological polar surface area (TPSA) is 35.5 Å². The summed E-state index contributed by atoms with van der Waals surface area (Å²) in [4.78, 5) is 3.42. The first-order valence-electron chi connectivity index (χ1n) is 5.22. The van der Waals surface area contributed by atoms with Crippen molar-refractivity contribution in [2.75, 3.05) is 32.8 Å². The molecular formula is C10H14BrClN2OS. The van der Waals surface area contributed by atoms with Crippen LogP contribution < -0.4 is 5.32 Å². The number of rotatable bonds is 3. The monoisotopic (exact) mass is 324 g/mol. The molecule has 0 spiro atoms. The van der Waals surface area contributed by atoms with Crippen molar-refractivity contribution >= 4 is 38.9 Å². The van der Waals surface area contributed by atoms with E-state index in [4.69, 9.17) is 11.6 Å². The van der Waals surface area contributed by atoms with E-state index in [2.05, 4.69) is 26.1 Å². The van der Waals surface area contributed by atoms with Crippen LogP contribution in [0.1, 0.15) is 10.9 Å². The number of aliphatic hydroxyl groups is 1. The van der Waals surface area contributed by atoms with Gasteiger partial charge in [-0.2, -0.15) is 0 Å². The average Bonchev–Trinajstić information content (AvgIpc) is 2.61. The maximum atomic E-state index is 9.52. The highest BCUT2D eigenvalue weighted by molar-refractivity contribution is 9.10. The standard InChI is InChI=1S/C10H14BrClN2OS/c11-7-5-9(16-10(7)12)8(6-15)14-3-1-13-2-4-14/h5,8,13,15H,1-4,6H2. The molecule has 0 aromatic carbocycles. The van der Waals surface area contributed by atoms with Gasteiger partial charge in [-0.15, -0.1) is 11.3 Å². The van der Waals surface area contributed by atoms with Crippen LogP contribution in [0.2, 0.25) is 4.34 Å². The molecule has 1 aliphatic rings. The van der Waals surface area contributed by atoms with Gasteiger partial charge in [-0.25, -0.2) is 0 Å². The Hall–Kier alpha value is 0.350. The van der Waals surface area contributed by atoms with Crippen LogP contribution in [0.15, 0.2) is 10.5 Å². The number of halogens is 2. The third-order valence-corrected chi connectivity index (χ3v) is 5.33. The zero-order chi connectivity index (χ0) is 11.5. The van der Waals surface area contributed by atoms with Crippen LogP contribution in [-0.4, -0.2) is 42.8 Å². The summed E-state index contributed by atoms with van der Waals surface area (Å²) in [5.74, 6) is 0. The molecule has 0 amide bonds. The first-order valence-corrected chi connectivity index (χ1v) is 7.21. The van der Waals surface area contributed by atoms with E-state index in [0.717, 1.165) is 39.9 Å². The molecule has 0 saturated carbocycles. The van der Waals surface area contributed by atoms with Crippen LogP contribution in [0, 0.1) is 0 Å². The van der Waals surface area contributed by atoms with Crippen LogP contribution in [-0.2, 0) is 0 Å². The minimum absolute atomic E-state index is 0.0795. The molecule has 2 rings (SSSR count). The van der Waals surface area contributed by atoms with Gasteiger partial charge in [-0.1, -0.05) is 11.6 Å². The second-order valence-electron chi connectivity index (χ2n) is 3.75. The molecular weight excluding hydrogens is 312 g/mol. The lowest BCUT2D eigenvalue weighted by molar-refractivity contribution is 0.113. The molecule has 1 saturated heterocycles. The Balaban J connectivity index is 2.14. The Labute approximate surface area is 113 Å². The summed E-state index contributed by atoms with van der Waals surface area (Å²) >= 11 is 11.0. The van der Waals surface area contributed by atoms with E-state index in [1.807, 2.05) is 6.07 Å². The first kappa shape index (κ1) is 12.8. The van der Waals surface area contributed by atoms with Crippen molar-refractivity contribution in [2.24, 2.45) is 0 Å². The molecule has 1 fully saturated rings. The van der Waals surface area contributed by atoms with Gasteiger partial charge >= 0.3 is 0 Å². The van der Waals surface area contributed by atoms with Crippen molar-refractivity contribution in [1.29, 1.82) is 0 Å². The molecule has 2 N–H and O–H groups in total. The normalized spacial score (nSPS) is 19.9. The summed E-state index contributed by atoms with van der Waals surface area (Å²) in [6.45, 7) is 4.05. The fourth-order valence-corrected chi connectivity index (χ4v) is 3.77. The average molecular weight is 326 g/mol. The highest BCUT2D eigenvalue weighted by Gasteiger charge is 2.23. The molecule has 0 bridgehead atoms. The number of hydrogen-bond acceptors (Lipinski definition) is 4. The molecule has 1 aromatic heterocycles. The number of piperazine rings is 1. The molecule has 1 unspecified atom stereocenters. The molecule has 90 valence electrons. The molecule has 2 heterocycles. The molecule has 0 radical (unpaired) electrons. The second-order valence-corrected chi connectivity index (χ2v) is 6.29. The van der Waals surface area contributed by atoms with Crippen LogP contribution in [0.25, 0.3) is 0 Å². The summed E-state index contributed by atoms with van der Waals surface area (Å²) < 4.78 is 1.67. The molecule has 1 atom stereocenters. The smallest absolute Gasteiger partial charge is 0.107 e. The number of nitrogens with one attached hydrogen (secondary N) is 1. The summed E-state index contributed by atoms with van der Waals surface area (Å²) in [5, 5.41) is 12.8. The van der Waals surface area contributed by atoms with Crippen LogP contribution in [0.3, 0.4) is 0 Å². The van der Waals surface area contributed by atoms with Gasteiger partial charge in [0, 0.05) is 35.5 Å². The van der Waals surface area contributed by atoms with Crippen molar-refractivity contribution < 1.29 is 5.11 Å². The van der Waals surface area contributed by atoms with Gasteiger partial charge in [0.1, 0.15) is 4.34 Å². The third-order valence-electron chi connectivity index (χ3n) is 2.76. The maximum Gasteiger partial charge on any atom is 0.107 e. The van der Waals surface area contributed by atoms with Crippen LogP contribution in [0.4, 0.5) is 0 Å². The van der Waals surface area contributed by atoms with Crippen molar-refractivity contribution in [3.05, 3.63) is 19.8 Å². The molecule has 16 heavy (non-hydrogen) atoms. The van der Waals surface area contributed by atoms with Gasteiger partial charge in [0.25, 0.3) is 0 Å². The predicted molar refractivity (Wildman–Crippen MR) is 71.3 cm³/mol. The Bertz CT molecular complexity index is 335. The van der Waals surface area contributed by atoms with Crippen molar-refractivity contribution in [3.8, 4) is 0 Å². The minimum atomic E-state index is 0.0795. The highest BCUT2D eigenvalue weighted by Crippen LogP contribution is 2.37. The Morgan fingerprint density at radius 3 is 2.75 bits per heavy atom. The van der Waals surface area contributed by atoms with Gasteiger partial charge < -0.3 is 10.4 Å². The lowest BCUT2D eigenvalue weighted by Gasteiger charge is -2.33. The maximum absolute atomic E-state index is 9.52. The fourth-order valence-electron chi connectivity index (χ4n) is 1.91. The van der Waals surface area contributed by atoms with Crippen molar-refractivity contribution in [3.63, 3.8) is 0 Å². The van der Waals surface area contributed by atoms with Gasteiger partial charge in [-0.05, 0) is 22.0 Å². The lowest BCUT2D eigenvalue weighted by atomic mass is 10.2. The van der Waals surface area contributed by atoms with Gasteiger partial charge in [0.2, 0.25) is 0 Å². The number of hydrogen-bond donors (Lipinski definition) is 2. The van der Waals surface area contributed by atoms with Crippen molar-refractivity contribution in [2.45, 2.75) is 6.04 Å². The van der Waals surface area contributed by atoms with Crippen LogP contribution >= 0.6 is 38.9 Å². The van der Waals surface area contributed by atoms with E-state index < -0.39 is 0 Å². The van der Waals surface area contributed by atoms with E-state index >= 15 is 0 Å². The third kappa shape index (κ3) is 2.78. The zero-order valence-corrected chi connectivity index (χ0v) is 11.9. The SMILES string of the molecule is OCC(c1cc(Br)c(Cl)s1)N1CCNCC1. The van der Waals surface area contributed by atoms with E-state index in [-0.39, 0.29) is 12.6 Å². The molecule has 1 aromatic rings.